The maximum Gasteiger partial charge on any atom is 0.207 e. The largest absolute Gasteiger partial charge is 0.507 e. The van der Waals surface area contributed by atoms with Crippen molar-refractivity contribution < 1.29 is 14.9 Å². The molecule has 33 heavy (non-hydrogen) atoms. The van der Waals surface area contributed by atoms with Gasteiger partial charge in [0, 0.05) is 48.6 Å². The van der Waals surface area contributed by atoms with Crippen LogP contribution in [0.15, 0.2) is 82.8 Å². The smallest absolute Gasteiger partial charge is 0.207 e. The fraction of sp³-hybridized carbons (Fsp3) is 0.259. The van der Waals surface area contributed by atoms with Crippen LogP contribution in [-0.2, 0) is 0 Å². The number of hydrogen-bond donors (Lipinski definition) is 2. The Kier molecular flexibility index (Phi) is 5.60. The van der Waals surface area contributed by atoms with Gasteiger partial charge < -0.3 is 19.8 Å². The number of ether oxygens (including phenoxy) is 1. The summed E-state index contributed by atoms with van der Waals surface area (Å²) in [5.74, 6) is 1.11. The molecule has 3 aromatic rings. The highest BCUT2D eigenvalue weighted by atomic mass is 16.5. The van der Waals surface area contributed by atoms with Gasteiger partial charge in [0.1, 0.15) is 17.2 Å². The van der Waals surface area contributed by atoms with Crippen LogP contribution in [0.5, 0.6) is 17.2 Å². The molecule has 2 N–H and O–H groups in total. The second kappa shape index (κ2) is 8.71. The maximum absolute atomic E-state index is 10.2. The molecule has 0 amide bonds. The maximum atomic E-state index is 10.2. The van der Waals surface area contributed by atoms with Gasteiger partial charge in [0.2, 0.25) is 5.72 Å². The van der Waals surface area contributed by atoms with Gasteiger partial charge in [0.15, 0.2) is 0 Å². The van der Waals surface area contributed by atoms with Crippen molar-refractivity contribution in [1.82, 2.24) is 4.90 Å². The summed E-state index contributed by atoms with van der Waals surface area (Å²) in [7, 11) is 2.10. The number of phenols is 2. The molecule has 0 saturated carbocycles. The first-order valence-corrected chi connectivity index (χ1v) is 11.2. The third kappa shape index (κ3) is 4.10. The quantitative estimate of drug-likeness (QED) is 0.588. The van der Waals surface area contributed by atoms with Crippen LogP contribution in [-0.4, -0.2) is 53.4 Å². The average Bonchev–Trinajstić information content (AvgIpc) is 2.83. The Morgan fingerprint density at radius 1 is 0.909 bits per heavy atom. The molecule has 6 heteroatoms. The first kappa shape index (κ1) is 21.2. The van der Waals surface area contributed by atoms with Crippen molar-refractivity contribution >= 4 is 12.4 Å². The molecule has 5 rings (SSSR count). The van der Waals surface area contributed by atoms with Crippen molar-refractivity contribution in [1.29, 1.82) is 0 Å². The van der Waals surface area contributed by atoms with Crippen LogP contribution >= 0.6 is 0 Å². The summed E-state index contributed by atoms with van der Waals surface area (Å²) in [6.07, 6.45) is 4.16. The molecule has 3 atom stereocenters. The first-order chi connectivity index (χ1) is 16.1. The van der Waals surface area contributed by atoms with E-state index in [-0.39, 0.29) is 23.5 Å². The molecule has 2 heterocycles. The van der Waals surface area contributed by atoms with Crippen molar-refractivity contribution in [2.75, 3.05) is 20.1 Å². The molecule has 2 aliphatic heterocycles. The lowest BCUT2D eigenvalue weighted by molar-refractivity contribution is -0.0624. The number of rotatable bonds is 4. The topological polar surface area (TPSA) is 77.7 Å². The molecule has 0 bridgehead atoms. The van der Waals surface area contributed by atoms with E-state index in [4.69, 9.17) is 14.7 Å². The van der Waals surface area contributed by atoms with Gasteiger partial charge in [-0.05, 0) is 37.4 Å². The van der Waals surface area contributed by atoms with Gasteiger partial charge in [-0.25, -0.2) is 4.99 Å². The predicted molar refractivity (Wildman–Crippen MR) is 130 cm³/mol. The van der Waals surface area contributed by atoms with E-state index in [1.807, 2.05) is 48.5 Å². The van der Waals surface area contributed by atoms with E-state index >= 15 is 0 Å². The monoisotopic (exact) mass is 441 g/mol. The summed E-state index contributed by atoms with van der Waals surface area (Å²) < 4.78 is 6.61. The number of nitrogens with zero attached hydrogens (tertiary/aromatic N) is 3. The number of hydrogen-bond acceptors (Lipinski definition) is 6. The molecule has 168 valence electrons. The summed E-state index contributed by atoms with van der Waals surface area (Å²) in [5, 5.41) is 20.5. The Balaban J connectivity index is 1.59. The first-order valence-electron chi connectivity index (χ1n) is 11.2. The molecule has 0 aliphatic carbocycles. The number of aliphatic imine (C=N–C) groups is 2. The number of para-hydroxylation sites is 3. The molecule has 1 saturated heterocycles. The van der Waals surface area contributed by atoms with Crippen LogP contribution in [0.4, 0.5) is 0 Å². The molecule has 0 unspecified atom stereocenters. The number of likely N-dealkylation sites (tertiary alicyclic amines) is 1. The van der Waals surface area contributed by atoms with E-state index in [0.29, 0.717) is 17.5 Å². The van der Waals surface area contributed by atoms with Gasteiger partial charge in [-0.2, -0.15) is 0 Å². The SMILES string of the molecule is CN1CC[C@]2(N=Cc3ccccc3O)Oc3ccccc3[C@@H](N=Cc3ccccc3O)[C@@H]2C1. The zero-order chi connectivity index (χ0) is 22.8. The number of phenolic OH excluding ortho intramolecular Hbond substituents is 2. The van der Waals surface area contributed by atoms with E-state index in [2.05, 4.69) is 11.9 Å². The lowest BCUT2D eigenvalue weighted by atomic mass is 9.77. The van der Waals surface area contributed by atoms with Gasteiger partial charge in [-0.3, -0.25) is 4.99 Å². The zero-order valence-electron chi connectivity index (χ0n) is 18.5. The number of fused-ring (bicyclic) bond motifs is 2. The molecule has 0 aromatic heterocycles. The average molecular weight is 442 g/mol. The minimum absolute atomic E-state index is 0.0460. The Hall–Kier alpha value is -3.64. The highest BCUT2D eigenvalue weighted by Gasteiger charge is 2.52. The normalized spacial score (nSPS) is 25.0. The number of aromatic hydroxyl groups is 2. The molecular weight excluding hydrogens is 414 g/mol. The summed E-state index contributed by atoms with van der Waals surface area (Å²) in [5.41, 5.74) is 1.54. The van der Waals surface area contributed by atoms with E-state index in [1.165, 1.54) is 0 Å². The second-order valence-corrected chi connectivity index (χ2v) is 8.70. The summed E-state index contributed by atoms with van der Waals surface area (Å²) in [4.78, 5) is 12.2. The van der Waals surface area contributed by atoms with Crippen LogP contribution in [0.1, 0.15) is 29.2 Å². The van der Waals surface area contributed by atoms with E-state index in [0.717, 1.165) is 24.4 Å². The van der Waals surface area contributed by atoms with Gasteiger partial charge >= 0.3 is 0 Å². The lowest BCUT2D eigenvalue weighted by Gasteiger charge is -2.49. The summed E-state index contributed by atoms with van der Waals surface area (Å²) >= 11 is 0. The fourth-order valence-electron chi connectivity index (χ4n) is 4.71. The summed E-state index contributed by atoms with van der Waals surface area (Å²) in [6.45, 7) is 1.60. The van der Waals surface area contributed by atoms with Gasteiger partial charge in [-0.1, -0.05) is 42.5 Å². The van der Waals surface area contributed by atoms with Crippen molar-refractivity contribution in [2.45, 2.75) is 18.2 Å². The van der Waals surface area contributed by atoms with E-state index in [9.17, 15) is 10.2 Å². The molecule has 0 spiro atoms. The highest BCUT2D eigenvalue weighted by Crippen LogP contribution is 2.49. The third-order valence-corrected chi connectivity index (χ3v) is 6.51. The van der Waals surface area contributed by atoms with Crippen molar-refractivity contribution in [3.63, 3.8) is 0 Å². The molecule has 2 aliphatic rings. The van der Waals surface area contributed by atoms with Crippen LogP contribution < -0.4 is 4.74 Å². The predicted octanol–water partition coefficient (Wildman–Crippen LogP) is 4.42. The molecule has 6 nitrogen and oxygen atoms in total. The Bertz CT molecular complexity index is 1210. The number of piperidine rings is 1. The van der Waals surface area contributed by atoms with Crippen LogP contribution in [0, 0.1) is 5.92 Å². The van der Waals surface area contributed by atoms with Crippen LogP contribution in [0.2, 0.25) is 0 Å². The Morgan fingerprint density at radius 2 is 1.55 bits per heavy atom. The minimum Gasteiger partial charge on any atom is -0.507 e. The van der Waals surface area contributed by atoms with Gasteiger partial charge in [0.25, 0.3) is 0 Å². The fourth-order valence-corrected chi connectivity index (χ4v) is 4.71. The third-order valence-electron chi connectivity index (χ3n) is 6.51. The Morgan fingerprint density at radius 3 is 2.27 bits per heavy atom. The zero-order valence-corrected chi connectivity index (χ0v) is 18.5. The van der Waals surface area contributed by atoms with Crippen LogP contribution in [0.25, 0.3) is 0 Å². The standard InChI is InChI=1S/C27H27N3O3/c1-30-15-14-27(29-17-20-9-3-6-12-24(20)32)22(18-30)26(21-10-4-7-13-25(21)33-27)28-16-19-8-2-5-11-23(19)31/h2-13,16-17,22,26,31-32H,14-15,18H2,1H3/t22-,26+,27-/m0/s1. The number of benzene rings is 3. The van der Waals surface area contributed by atoms with Crippen molar-refractivity contribution in [3.05, 3.63) is 89.5 Å². The minimum atomic E-state index is -0.802. The molecule has 3 aromatic carbocycles. The highest BCUT2D eigenvalue weighted by molar-refractivity contribution is 5.84. The van der Waals surface area contributed by atoms with E-state index < -0.39 is 5.72 Å². The molecule has 1 fully saturated rings. The van der Waals surface area contributed by atoms with Crippen molar-refractivity contribution in [2.24, 2.45) is 15.9 Å². The van der Waals surface area contributed by atoms with Gasteiger partial charge in [0.05, 0.1) is 12.0 Å². The van der Waals surface area contributed by atoms with Crippen molar-refractivity contribution in [3.8, 4) is 17.2 Å². The second-order valence-electron chi connectivity index (χ2n) is 8.70. The summed E-state index contributed by atoms with van der Waals surface area (Å²) in [6, 6.07) is 22.1. The Labute approximate surface area is 193 Å². The molecular formula is C27H27N3O3. The van der Waals surface area contributed by atoms with Gasteiger partial charge in [-0.15, -0.1) is 0 Å². The van der Waals surface area contributed by atoms with E-state index in [1.54, 1.807) is 36.7 Å². The molecule has 0 radical (unpaired) electrons. The lowest BCUT2D eigenvalue weighted by Crippen LogP contribution is -2.57. The van der Waals surface area contributed by atoms with Crippen LogP contribution in [0.3, 0.4) is 0 Å².